The summed E-state index contributed by atoms with van der Waals surface area (Å²) in [4.78, 5) is 0. The third kappa shape index (κ3) is 2.27. The Morgan fingerprint density at radius 1 is 1.50 bits per heavy atom. The monoisotopic (exact) mass is 144 g/mol. The number of aliphatic hydroxyl groups is 1. The van der Waals surface area contributed by atoms with Crippen molar-refractivity contribution in [3.8, 4) is 0 Å². The number of piperidine rings is 1. The van der Waals surface area contributed by atoms with Crippen LogP contribution in [0, 0.1) is 0 Å². The second-order valence-corrected chi connectivity index (χ2v) is 3.25. The van der Waals surface area contributed by atoms with Crippen molar-refractivity contribution in [1.29, 1.82) is 0 Å². The molecule has 2 heteroatoms. The van der Waals surface area contributed by atoms with Crippen LogP contribution >= 0.6 is 0 Å². The van der Waals surface area contributed by atoms with Crippen LogP contribution < -0.4 is 5.32 Å². The highest BCUT2D eigenvalue weighted by Crippen LogP contribution is 2.06. The van der Waals surface area contributed by atoms with Gasteiger partial charge in [-0.2, -0.15) is 0 Å². The number of nitrogens with two attached hydrogens (primary N) is 1. The van der Waals surface area contributed by atoms with Crippen molar-refractivity contribution >= 4 is 0 Å². The van der Waals surface area contributed by atoms with Gasteiger partial charge in [-0.15, -0.1) is 0 Å². The molecule has 1 heterocycles. The number of hydrogen-bond donors (Lipinski definition) is 2. The molecule has 0 unspecified atom stereocenters. The quantitative estimate of drug-likeness (QED) is 0.556. The first-order valence-corrected chi connectivity index (χ1v) is 4.34. The fourth-order valence-corrected chi connectivity index (χ4v) is 1.62. The van der Waals surface area contributed by atoms with E-state index in [1.165, 1.54) is 19.3 Å². The molecule has 0 amide bonds. The van der Waals surface area contributed by atoms with Gasteiger partial charge >= 0.3 is 0 Å². The molecule has 0 spiro atoms. The van der Waals surface area contributed by atoms with Gasteiger partial charge in [-0.05, 0) is 12.8 Å². The fraction of sp³-hybridized carbons (Fsp3) is 1.00. The van der Waals surface area contributed by atoms with Gasteiger partial charge in [-0.1, -0.05) is 13.3 Å². The highest BCUT2D eigenvalue weighted by Gasteiger charge is 2.20. The van der Waals surface area contributed by atoms with E-state index < -0.39 is 0 Å². The van der Waals surface area contributed by atoms with Gasteiger partial charge in [0.05, 0.1) is 6.04 Å². The van der Waals surface area contributed by atoms with Gasteiger partial charge < -0.3 is 10.4 Å². The lowest BCUT2D eigenvalue weighted by Gasteiger charge is -2.23. The Morgan fingerprint density at radius 2 is 2.30 bits per heavy atom. The van der Waals surface area contributed by atoms with Gasteiger partial charge in [0.25, 0.3) is 0 Å². The normalized spacial score (nSPS) is 34.2. The summed E-state index contributed by atoms with van der Waals surface area (Å²) in [5, 5.41) is 11.5. The maximum absolute atomic E-state index is 9.16. The summed E-state index contributed by atoms with van der Waals surface area (Å²) in [5.74, 6) is 0. The van der Waals surface area contributed by atoms with Crippen LogP contribution in [0.4, 0.5) is 0 Å². The molecule has 0 aromatic carbocycles. The first-order chi connectivity index (χ1) is 4.83. The number of quaternary nitrogens is 1. The minimum atomic E-state index is -0.0342. The first-order valence-electron chi connectivity index (χ1n) is 4.34. The average molecular weight is 144 g/mol. The minimum Gasteiger partial charge on any atom is -0.387 e. The van der Waals surface area contributed by atoms with E-state index in [0.717, 1.165) is 19.0 Å². The highest BCUT2D eigenvalue weighted by atomic mass is 16.3. The molecule has 0 bridgehead atoms. The first kappa shape index (κ1) is 8.02. The molecule has 1 saturated heterocycles. The number of hydrogen-bond acceptors (Lipinski definition) is 1. The van der Waals surface area contributed by atoms with Crippen LogP contribution in [0.3, 0.4) is 0 Å². The molecule has 10 heavy (non-hydrogen) atoms. The third-order valence-corrected chi connectivity index (χ3v) is 2.27. The van der Waals surface area contributed by atoms with Crippen LogP contribution in [0.1, 0.15) is 32.6 Å². The second-order valence-electron chi connectivity index (χ2n) is 3.25. The second kappa shape index (κ2) is 3.94. The smallest absolute Gasteiger partial charge is 0.103 e. The lowest BCUT2D eigenvalue weighted by atomic mass is 9.99. The zero-order valence-electron chi connectivity index (χ0n) is 6.71. The van der Waals surface area contributed by atoms with Crippen molar-refractivity contribution in [2.45, 2.75) is 44.8 Å². The van der Waals surface area contributed by atoms with Crippen LogP contribution in [-0.2, 0) is 0 Å². The molecule has 2 nitrogen and oxygen atoms in total. The summed E-state index contributed by atoms with van der Waals surface area (Å²) in [6.45, 7) is 3.14. The molecule has 0 saturated carbocycles. The van der Waals surface area contributed by atoms with Gasteiger partial charge in [-0.3, -0.25) is 0 Å². The summed E-state index contributed by atoms with van der Waals surface area (Å²) in [7, 11) is 0. The Balaban J connectivity index is 2.13. The molecule has 0 aliphatic carbocycles. The summed E-state index contributed by atoms with van der Waals surface area (Å²) in [5.41, 5.74) is 0. The summed E-state index contributed by atoms with van der Waals surface area (Å²) < 4.78 is 0. The minimum absolute atomic E-state index is 0.0342. The molecule has 3 N–H and O–H groups in total. The van der Waals surface area contributed by atoms with Crippen LogP contribution in [0.2, 0.25) is 0 Å². The largest absolute Gasteiger partial charge is 0.387 e. The predicted molar refractivity (Wildman–Crippen MR) is 40.7 cm³/mol. The van der Waals surface area contributed by atoms with E-state index in [1.54, 1.807) is 0 Å². The van der Waals surface area contributed by atoms with E-state index in [-0.39, 0.29) is 6.10 Å². The molecule has 1 aliphatic heterocycles. The van der Waals surface area contributed by atoms with Crippen LogP contribution in [0.5, 0.6) is 0 Å². The average Bonchev–Trinajstić information content (AvgIpc) is 1.95. The maximum atomic E-state index is 9.16. The van der Waals surface area contributed by atoms with Crippen molar-refractivity contribution < 1.29 is 10.4 Å². The number of rotatable bonds is 2. The maximum Gasteiger partial charge on any atom is 0.103 e. The lowest BCUT2D eigenvalue weighted by Crippen LogP contribution is -2.93. The zero-order chi connectivity index (χ0) is 7.40. The van der Waals surface area contributed by atoms with Gasteiger partial charge in [0.2, 0.25) is 0 Å². The standard InChI is InChI=1S/C8H17NO/c1-2-3-7-4-5-8(10)6-9-7/h7-10H,2-6H2,1H3/p+1/t7-,8+/m1/s1. The molecule has 0 aromatic rings. The molecular weight excluding hydrogens is 126 g/mol. The molecule has 1 fully saturated rings. The molecule has 1 rings (SSSR count). The molecule has 60 valence electrons. The molecule has 0 radical (unpaired) electrons. The van der Waals surface area contributed by atoms with Crippen molar-refractivity contribution in [2.24, 2.45) is 0 Å². The van der Waals surface area contributed by atoms with E-state index in [4.69, 9.17) is 5.11 Å². The van der Waals surface area contributed by atoms with Gasteiger partial charge in [-0.25, -0.2) is 0 Å². The van der Waals surface area contributed by atoms with Gasteiger partial charge in [0.1, 0.15) is 12.6 Å². The summed E-state index contributed by atoms with van der Waals surface area (Å²) in [6, 6.07) is 0.799. The molecule has 0 aromatic heterocycles. The fourth-order valence-electron chi connectivity index (χ4n) is 1.62. The van der Waals surface area contributed by atoms with Crippen molar-refractivity contribution in [3.05, 3.63) is 0 Å². The van der Waals surface area contributed by atoms with Crippen molar-refractivity contribution in [2.75, 3.05) is 6.54 Å². The highest BCUT2D eigenvalue weighted by molar-refractivity contribution is 4.64. The van der Waals surface area contributed by atoms with Crippen molar-refractivity contribution in [3.63, 3.8) is 0 Å². The Morgan fingerprint density at radius 3 is 2.80 bits per heavy atom. The van der Waals surface area contributed by atoms with Gasteiger partial charge in [0.15, 0.2) is 0 Å². The molecular formula is C8H18NO+. The Labute approximate surface area is 62.6 Å². The van der Waals surface area contributed by atoms with Crippen molar-refractivity contribution in [1.82, 2.24) is 0 Å². The van der Waals surface area contributed by atoms with Crippen LogP contribution in [-0.4, -0.2) is 23.8 Å². The van der Waals surface area contributed by atoms with E-state index in [1.807, 2.05) is 0 Å². The Bertz CT molecular complexity index is 87.3. The van der Waals surface area contributed by atoms with Gasteiger partial charge in [0, 0.05) is 6.42 Å². The Hall–Kier alpha value is -0.0800. The lowest BCUT2D eigenvalue weighted by molar-refractivity contribution is -0.704. The number of aliphatic hydroxyl groups excluding tert-OH is 1. The van der Waals surface area contributed by atoms with E-state index in [9.17, 15) is 0 Å². The SMILES string of the molecule is CCC[C@@H]1CC[C@H](O)C[NH2+]1. The van der Waals surface area contributed by atoms with Crippen LogP contribution in [0.15, 0.2) is 0 Å². The molecule has 2 atom stereocenters. The van der Waals surface area contributed by atoms with E-state index in [0.29, 0.717) is 0 Å². The summed E-state index contributed by atoms with van der Waals surface area (Å²) >= 11 is 0. The van der Waals surface area contributed by atoms with E-state index >= 15 is 0 Å². The predicted octanol–water partition coefficient (Wildman–Crippen LogP) is -0.127. The summed E-state index contributed by atoms with van der Waals surface area (Å²) in [6.07, 6.45) is 4.77. The molecule has 1 aliphatic rings. The zero-order valence-corrected chi connectivity index (χ0v) is 6.71. The Kier molecular flexibility index (Phi) is 3.16. The third-order valence-electron chi connectivity index (χ3n) is 2.27. The topological polar surface area (TPSA) is 36.8 Å². The van der Waals surface area contributed by atoms with Crippen LogP contribution in [0.25, 0.3) is 0 Å². The van der Waals surface area contributed by atoms with E-state index in [2.05, 4.69) is 12.2 Å².